The van der Waals surface area contributed by atoms with Crippen molar-refractivity contribution in [3.63, 3.8) is 0 Å². The summed E-state index contributed by atoms with van der Waals surface area (Å²) in [6.45, 7) is 1.70. The minimum Gasteiger partial charge on any atom is -0.465 e. The molecule has 1 amide bonds. The number of nitrogens with zero attached hydrogens (tertiary/aromatic N) is 1. The van der Waals surface area contributed by atoms with Gasteiger partial charge in [0.05, 0.1) is 6.61 Å². The summed E-state index contributed by atoms with van der Waals surface area (Å²) >= 11 is 0. The van der Waals surface area contributed by atoms with Crippen LogP contribution in [0.2, 0.25) is 0 Å². The first-order valence-electron chi connectivity index (χ1n) is 2.76. The van der Waals surface area contributed by atoms with Crippen LogP contribution >= 0.6 is 0 Å². The minimum atomic E-state index is -0.534. The summed E-state index contributed by atoms with van der Waals surface area (Å²) in [5.74, 6) is 4.38. The Morgan fingerprint density at radius 1 is 1.80 bits per heavy atom. The molecule has 0 aliphatic carbocycles. The molecule has 10 heavy (non-hydrogen) atoms. The van der Waals surface area contributed by atoms with Gasteiger partial charge >= 0.3 is 12.4 Å². The van der Waals surface area contributed by atoms with Crippen LogP contribution in [-0.2, 0) is 14.3 Å². The fraction of sp³-hybridized carbons (Fsp3) is 0.600. The SMILES string of the molecule is CCOC(=O)CN(N)[C]=O. The van der Waals surface area contributed by atoms with Gasteiger partial charge in [-0.25, -0.2) is 5.84 Å². The number of rotatable bonds is 4. The second-order valence-electron chi connectivity index (χ2n) is 1.52. The van der Waals surface area contributed by atoms with Gasteiger partial charge in [-0.3, -0.25) is 14.6 Å². The molecule has 0 rings (SSSR count). The fourth-order valence-electron chi connectivity index (χ4n) is 0.378. The van der Waals surface area contributed by atoms with Crippen molar-refractivity contribution in [1.29, 1.82) is 0 Å². The van der Waals surface area contributed by atoms with E-state index < -0.39 is 5.97 Å². The number of nitrogens with two attached hydrogens (primary N) is 1. The first kappa shape index (κ1) is 8.90. The molecule has 0 bridgehead atoms. The van der Waals surface area contributed by atoms with Crippen molar-refractivity contribution in [3.8, 4) is 0 Å². The Morgan fingerprint density at radius 2 is 2.40 bits per heavy atom. The molecule has 0 aromatic carbocycles. The number of ether oxygens (including phenoxy) is 1. The van der Waals surface area contributed by atoms with Gasteiger partial charge in [0.15, 0.2) is 0 Å². The number of hydrazine groups is 1. The lowest BCUT2D eigenvalue weighted by atomic mass is 10.6. The van der Waals surface area contributed by atoms with Gasteiger partial charge in [0.25, 0.3) is 0 Å². The van der Waals surface area contributed by atoms with E-state index in [0.717, 1.165) is 0 Å². The first-order chi connectivity index (χ1) is 4.70. The lowest BCUT2D eigenvalue weighted by Crippen LogP contribution is -2.35. The molecule has 0 spiro atoms. The maximum absolute atomic E-state index is 10.5. The zero-order valence-corrected chi connectivity index (χ0v) is 5.66. The molecule has 0 aromatic heterocycles. The number of esters is 1. The van der Waals surface area contributed by atoms with E-state index in [9.17, 15) is 9.59 Å². The molecule has 0 fully saturated rings. The highest BCUT2D eigenvalue weighted by atomic mass is 16.5. The molecule has 0 atom stereocenters. The monoisotopic (exact) mass is 145 g/mol. The van der Waals surface area contributed by atoms with E-state index in [-0.39, 0.29) is 13.2 Å². The Balaban J connectivity index is 3.46. The van der Waals surface area contributed by atoms with E-state index in [1.807, 2.05) is 0 Å². The van der Waals surface area contributed by atoms with Crippen LogP contribution in [0, 0.1) is 0 Å². The van der Waals surface area contributed by atoms with Crippen LogP contribution in [0.1, 0.15) is 6.92 Å². The van der Waals surface area contributed by atoms with Gasteiger partial charge in [-0.15, -0.1) is 0 Å². The van der Waals surface area contributed by atoms with Crippen LogP contribution in [0.5, 0.6) is 0 Å². The Morgan fingerprint density at radius 3 is 2.80 bits per heavy atom. The fourth-order valence-corrected chi connectivity index (χ4v) is 0.378. The number of carbonyl (C=O) groups is 1. The molecule has 0 aliphatic rings. The summed E-state index contributed by atoms with van der Waals surface area (Å²) in [6, 6.07) is 0. The lowest BCUT2D eigenvalue weighted by molar-refractivity contribution is -0.143. The zero-order valence-electron chi connectivity index (χ0n) is 5.66. The van der Waals surface area contributed by atoms with Crippen LogP contribution < -0.4 is 5.84 Å². The van der Waals surface area contributed by atoms with E-state index >= 15 is 0 Å². The average molecular weight is 145 g/mol. The van der Waals surface area contributed by atoms with Crippen molar-refractivity contribution in [1.82, 2.24) is 5.01 Å². The van der Waals surface area contributed by atoms with E-state index in [2.05, 4.69) is 4.74 Å². The number of carbonyl (C=O) groups excluding carboxylic acids is 2. The van der Waals surface area contributed by atoms with Crippen molar-refractivity contribution < 1.29 is 14.3 Å². The van der Waals surface area contributed by atoms with Crippen LogP contribution in [0.4, 0.5) is 0 Å². The summed E-state index contributed by atoms with van der Waals surface area (Å²) < 4.78 is 4.47. The molecular formula is C5H9N2O3. The van der Waals surface area contributed by atoms with Crippen molar-refractivity contribution >= 4 is 12.4 Å². The third-order valence-corrected chi connectivity index (χ3v) is 0.722. The minimum absolute atomic E-state index is 0.253. The molecule has 1 radical (unpaired) electrons. The van der Waals surface area contributed by atoms with Crippen molar-refractivity contribution in [2.24, 2.45) is 5.84 Å². The van der Waals surface area contributed by atoms with Gasteiger partial charge < -0.3 is 4.74 Å². The maximum atomic E-state index is 10.5. The molecule has 0 saturated heterocycles. The van der Waals surface area contributed by atoms with Gasteiger partial charge in [0, 0.05) is 0 Å². The number of amides is 1. The zero-order chi connectivity index (χ0) is 7.98. The average Bonchev–Trinajstić information content (AvgIpc) is 1.88. The summed E-state index contributed by atoms with van der Waals surface area (Å²) in [7, 11) is 0. The highest BCUT2D eigenvalue weighted by Crippen LogP contribution is 1.78. The Hall–Kier alpha value is -1.10. The standard InChI is InChI=1S/C5H9N2O3/c1-2-10-5(9)3-7(6)4-8/h2-3,6H2,1H3. The summed E-state index contributed by atoms with van der Waals surface area (Å²) in [5, 5.41) is 0.595. The van der Waals surface area contributed by atoms with Gasteiger partial charge in [-0.1, -0.05) is 0 Å². The molecule has 0 saturated carbocycles. The quantitative estimate of drug-likeness (QED) is 0.177. The smallest absolute Gasteiger partial charge is 0.327 e. The lowest BCUT2D eigenvalue weighted by Gasteiger charge is -2.06. The van der Waals surface area contributed by atoms with E-state index in [4.69, 9.17) is 5.84 Å². The van der Waals surface area contributed by atoms with Crippen molar-refractivity contribution in [3.05, 3.63) is 0 Å². The van der Waals surface area contributed by atoms with Gasteiger partial charge in [0.2, 0.25) is 0 Å². The second-order valence-corrected chi connectivity index (χ2v) is 1.52. The molecule has 5 heteroatoms. The van der Waals surface area contributed by atoms with Gasteiger partial charge in [-0.2, -0.15) is 0 Å². The van der Waals surface area contributed by atoms with Crippen LogP contribution in [0.15, 0.2) is 0 Å². The topological polar surface area (TPSA) is 72.6 Å². The Kier molecular flexibility index (Phi) is 4.23. The molecule has 0 aliphatic heterocycles. The van der Waals surface area contributed by atoms with Gasteiger partial charge in [0.1, 0.15) is 6.54 Å². The molecule has 5 nitrogen and oxygen atoms in total. The predicted molar refractivity (Wildman–Crippen MR) is 33.2 cm³/mol. The first-order valence-corrected chi connectivity index (χ1v) is 2.76. The number of hydrogen-bond donors (Lipinski definition) is 1. The Bertz CT molecular complexity index is 126. The van der Waals surface area contributed by atoms with Crippen molar-refractivity contribution in [2.75, 3.05) is 13.2 Å². The van der Waals surface area contributed by atoms with E-state index in [1.54, 1.807) is 6.92 Å². The molecular weight excluding hydrogens is 136 g/mol. The van der Waals surface area contributed by atoms with Crippen LogP contribution in [-0.4, -0.2) is 30.5 Å². The third kappa shape index (κ3) is 3.85. The van der Waals surface area contributed by atoms with Crippen molar-refractivity contribution in [2.45, 2.75) is 6.92 Å². The summed E-state index contributed by atoms with van der Waals surface area (Å²) in [4.78, 5) is 20.2. The third-order valence-electron chi connectivity index (χ3n) is 0.722. The van der Waals surface area contributed by atoms with E-state index in [0.29, 0.717) is 5.01 Å². The normalized spacial score (nSPS) is 8.60. The Labute approximate surface area is 58.7 Å². The highest BCUT2D eigenvalue weighted by molar-refractivity contribution is 5.73. The molecule has 57 valence electrons. The maximum Gasteiger partial charge on any atom is 0.327 e. The molecule has 0 heterocycles. The molecule has 0 aromatic rings. The van der Waals surface area contributed by atoms with Gasteiger partial charge in [-0.05, 0) is 6.92 Å². The van der Waals surface area contributed by atoms with E-state index in [1.165, 1.54) is 6.41 Å². The largest absolute Gasteiger partial charge is 0.465 e. The molecule has 0 unspecified atom stereocenters. The molecule has 2 N–H and O–H groups in total. The second kappa shape index (κ2) is 4.75. The predicted octanol–water partition coefficient (Wildman–Crippen LogP) is -1.21. The van der Waals surface area contributed by atoms with Crippen LogP contribution in [0.3, 0.4) is 0 Å². The summed E-state index contributed by atoms with van der Waals surface area (Å²) in [5.41, 5.74) is 0. The van der Waals surface area contributed by atoms with Crippen LogP contribution in [0.25, 0.3) is 0 Å². The number of hydrogen-bond acceptors (Lipinski definition) is 4. The highest BCUT2D eigenvalue weighted by Gasteiger charge is 2.04. The summed E-state index contributed by atoms with van der Waals surface area (Å²) in [6.07, 6.45) is 1.31.